The summed E-state index contributed by atoms with van der Waals surface area (Å²) in [4.78, 5) is 10.0. The maximum Gasteiger partial charge on any atom is 0.472 e. The molecule has 1 N–H and O–H groups in total. The number of quaternary nitrogens is 1. The van der Waals surface area contributed by atoms with E-state index in [0.29, 0.717) is 11.0 Å². The highest BCUT2D eigenvalue weighted by Crippen LogP contribution is 2.43. The Morgan fingerprint density at radius 1 is 0.711 bits per heavy atom. The SMILES string of the molecule is CCCCCCCCCC=COC[C@H](COP(=O)(O)OCC[N+](C)(C)C)OC=CCCCCCCCCC. The van der Waals surface area contributed by atoms with Gasteiger partial charge in [0.1, 0.15) is 19.8 Å². The fraction of sp³-hybridized carbons (Fsp3) is 0.867. The number of rotatable bonds is 28. The molecule has 0 saturated heterocycles. The Hall–Kier alpha value is -0.850. The molecule has 0 heterocycles. The molecule has 0 aromatic rings. The molecular weight excluding hydrogens is 501 g/mol. The molecule has 0 rings (SSSR count). The van der Waals surface area contributed by atoms with Crippen molar-refractivity contribution in [1.29, 1.82) is 0 Å². The van der Waals surface area contributed by atoms with Crippen LogP contribution in [-0.2, 0) is 23.1 Å². The predicted octanol–water partition coefficient (Wildman–Crippen LogP) is 8.54. The summed E-state index contributed by atoms with van der Waals surface area (Å²) in [5, 5.41) is 0. The van der Waals surface area contributed by atoms with Crippen molar-refractivity contribution in [3.63, 3.8) is 0 Å². The molecule has 0 bridgehead atoms. The first-order chi connectivity index (χ1) is 18.2. The lowest BCUT2D eigenvalue weighted by Gasteiger charge is -2.24. The van der Waals surface area contributed by atoms with E-state index in [1.807, 2.05) is 33.3 Å². The number of hydrogen-bond acceptors (Lipinski definition) is 5. The normalized spacial score (nSPS) is 14.8. The second-order valence-corrected chi connectivity index (χ2v) is 12.7. The molecule has 0 saturated carbocycles. The average Bonchev–Trinajstić information content (AvgIpc) is 2.85. The van der Waals surface area contributed by atoms with Crippen molar-refractivity contribution in [3.8, 4) is 0 Å². The first-order valence-electron chi connectivity index (χ1n) is 15.2. The summed E-state index contributed by atoms with van der Waals surface area (Å²) in [7, 11) is 1.83. The minimum absolute atomic E-state index is 0.0917. The number of phosphoric acid groups is 1. The second kappa shape index (κ2) is 25.1. The highest BCUT2D eigenvalue weighted by molar-refractivity contribution is 7.47. The van der Waals surface area contributed by atoms with Crippen LogP contribution in [-0.4, -0.2) is 63.0 Å². The lowest BCUT2D eigenvalue weighted by molar-refractivity contribution is -0.870. The number of phosphoric ester groups is 1. The van der Waals surface area contributed by atoms with Crippen molar-refractivity contribution in [3.05, 3.63) is 24.7 Å². The molecule has 0 fully saturated rings. The van der Waals surface area contributed by atoms with E-state index in [2.05, 4.69) is 13.8 Å². The van der Waals surface area contributed by atoms with Crippen LogP contribution in [0, 0.1) is 0 Å². The number of likely N-dealkylation sites (N-methyl/N-ethyl adjacent to an activating group) is 1. The molecule has 2 atom stereocenters. The Labute approximate surface area is 235 Å². The van der Waals surface area contributed by atoms with Crippen molar-refractivity contribution in [2.45, 2.75) is 123 Å². The van der Waals surface area contributed by atoms with Crippen molar-refractivity contribution in [1.82, 2.24) is 0 Å². The van der Waals surface area contributed by atoms with Crippen LogP contribution in [0.2, 0.25) is 0 Å². The highest BCUT2D eigenvalue weighted by Gasteiger charge is 2.25. The third-order valence-corrected chi connectivity index (χ3v) is 7.21. The molecule has 38 heavy (non-hydrogen) atoms. The van der Waals surface area contributed by atoms with Crippen molar-refractivity contribution < 1.29 is 32.5 Å². The van der Waals surface area contributed by atoms with Gasteiger partial charge < -0.3 is 18.9 Å². The molecular formula is C30H61NO6P+. The van der Waals surface area contributed by atoms with Crippen molar-refractivity contribution in [2.24, 2.45) is 0 Å². The Balaban J connectivity index is 4.39. The summed E-state index contributed by atoms with van der Waals surface area (Å²) in [5.41, 5.74) is 0. The fourth-order valence-corrected chi connectivity index (χ4v) is 4.49. The Kier molecular flexibility index (Phi) is 24.6. The Bertz CT molecular complexity index is 620. The number of hydrogen-bond donors (Lipinski definition) is 1. The minimum atomic E-state index is -4.15. The zero-order valence-corrected chi connectivity index (χ0v) is 26.3. The smallest absolute Gasteiger partial charge is 0.472 e. The molecule has 0 aliphatic heterocycles. The van der Waals surface area contributed by atoms with E-state index in [0.717, 1.165) is 25.7 Å². The molecule has 8 heteroatoms. The second-order valence-electron chi connectivity index (χ2n) is 11.3. The molecule has 226 valence electrons. The van der Waals surface area contributed by atoms with Crippen LogP contribution in [0.4, 0.5) is 0 Å². The summed E-state index contributed by atoms with van der Waals surface area (Å²) in [6, 6.07) is 0. The van der Waals surface area contributed by atoms with Gasteiger partial charge in [-0.2, -0.15) is 0 Å². The van der Waals surface area contributed by atoms with Gasteiger partial charge >= 0.3 is 7.82 Å². The van der Waals surface area contributed by atoms with Gasteiger partial charge in [0.25, 0.3) is 0 Å². The van der Waals surface area contributed by atoms with Crippen LogP contribution in [0.3, 0.4) is 0 Å². The quantitative estimate of drug-likeness (QED) is 0.0446. The summed E-state index contributed by atoms with van der Waals surface area (Å²) in [6.07, 6.45) is 26.7. The average molecular weight is 563 g/mol. The van der Waals surface area contributed by atoms with Crippen LogP contribution in [0.1, 0.15) is 117 Å². The largest absolute Gasteiger partial charge is 0.498 e. The molecule has 0 aromatic carbocycles. The molecule has 0 radical (unpaired) electrons. The maximum atomic E-state index is 12.3. The summed E-state index contributed by atoms with van der Waals surface area (Å²) in [5.74, 6) is 0. The molecule has 1 unspecified atom stereocenters. The minimum Gasteiger partial charge on any atom is -0.498 e. The van der Waals surface area contributed by atoms with Gasteiger partial charge in [0.2, 0.25) is 0 Å². The topological polar surface area (TPSA) is 74.2 Å². The summed E-state index contributed by atoms with van der Waals surface area (Å²) >= 11 is 0. The maximum absolute atomic E-state index is 12.3. The first-order valence-corrected chi connectivity index (χ1v) is 16.7. The lowest BCUT2D eigenvalue weighted by atomic mass is 10.1. The highest BCUT2D eigenvalue weighted by atomic mass is 31.2. The third-order valence-electron chi connectivity index (χ3n) is 6.23. The van der Waals surface area contributed by atoms with Crippen LogP contribution in [0.25, 0.3) is 0 Å². The molecule has 0 aliphatic carbocycles. The van der Waals surface area contributed by atoms with Crippen molar-refractivity contribution in [2.75, 3.05) is 47.5 Å². The molecule has 0 amide bonds. The fourth-order valence-electron chi connectivity index (χ4n) is 3.74. The van der Waals surface area contributed by atoms with Gasteiger partial charge in [0.15, 0.2) is 6.10 Å². The van der Waals surface area contributed by atoms with Gasteiger partial charge in [-0.15, -0.1) is 0 Å². The Morgan fingerprint density at radius 3 is 1.74 bits per heavy atom. The van der Waals surface area contributed by atoms with Gasteiger partial charge in [-0.3, -0.25) is 9.05 Å². The number of allylic oxidation sites excluding steroid dienone is 2. The molecule has 0 aliphatic rings. The van der Waals surface area contributed by atoms with Gasteiger partial charge in [-0.25, -0.2) is 4.57 Å². The first kappa shape index (κ1) is 37.1. The lowest BCUT2D eigenvalue weighted by Crippen LogP contribution is -2.37. The summed E-state index contributed by atoms with van der Waals surface area (Å²) in [6.45, 7) is 5.35. The monoisotopic (exact) mass is 562 g/mol. The van der Waals surface area contributed by atoms with E-state index in [1.165, 1.54) is 77.0 Å². The molecule has 0 spiro atoms. The van der Waals surface area contributed by atoms with Gasteiger partial charge in [0, 0.05) is 0 Å². The standard InChI is InChI=1S/C30H60NO6P/c1-6-8-10-12-14-16-18-20-22-25-34-28-30(29-37-38(32,33)36-27-24-31(3,4)5)35-26-23-21-19-17-15-13-11-9-7-2/h22-23,25-26,30H,6-21,24,27-29H2,1-5H3/p+1/t30-/m1/s1. The van der Waals surface area contributed by atoms with Gasteiger partial charge in [-0.1, -0.05) is 90.9 Å². The third kappa shape index (κ3) is 28.2. The predicted molar refractivity (Wildman–Crippen MR) is 159 cm³/mol. The van der Waals surface area contributed by atoms with Gasteiger partial charge in [0.05, 0.1) is 40.3 Å². The van der Waals surface area contributed by atoms with E-state index in [-0.39, 0.29) is 19.8 Å². The van der Waals surface area contributed by atoms with Gasteiger partial charge in [-0.05, 0) is 37.8 Å². The van der Waals surface area contributed by atoms with Crippen LogP contribution in [0.5, 0.6) is 0 Å². The van der Waals surface area contributed by atoms with E-state index in [1.54, 1.807) is 12.5 Å². The van der Waals surface area contributed by atoms with Crippen molar-refractivity contribution >= 4 is 7.82 Å². The van der Waals surface area contributed by atoms with Crippen LogP contribution < -0.4 is 0 Å². The molecule has 7 nitrogen and oxygen atoms in total. The Morgan fingerprint density at radius 2 is 1.21 bits per heavy atom. The van der Waals surface area contributed by atoms with E-state index in [4.69, 9.17) is 18.5 Å². The van der Waals surface area contributed by atoms with E-state index >= 15 is 0 Å². The van der Waals surface area contributed by atoms with E-state index in [9.17, 15) is 9.46 Å². The van der Waals surface area contributed by atoms with Crippen LogP contribution in [0.15, 0.2) is 24.7 Å². The number of unbranched alkanes of at least 4 members (excludes halogenated alkanes) is 14. The summed E-state index contributed by atoms with van der Waals surface area (Å²) < 4.78 is 34.7. The number of ether oxygens (including phenoxy) is 2. The molecule has 0 aromatic heterocycles. The zero-order chi connectivity index (χ0) is 28.4. The zero-order valence-electron chi connectivity index (χ0n) is 25.4. The van der Waals surface area contributed by atoms with Crippen LogP contribution >= 0.6 is 7.82 Å². The number of nitrogens with zero attached hydrogens (tertiary/aromatic N) is 1. The van der Waals surface area contributed by atoms with E-state index < -0.39 is 13.9 Å².